The predicted molar refractivity (Wildman–Crippen MR) is 66.3 cm³/mol. The van der Waals surface area contributed by atoms with E-state index < -0.39 is 0 Å². The first-order chi connectivity index (χ1) is 8.24. The van der Waals surface area contributed by atoms with Gasteiger partial charge in [0.2, 0.25) is 5.88 Å². The van der Waals surface area contributed by atoms with Gasteiger partial charge in [0.25, 0.3) is 0 Å². The molecule has 1 heterocycles. The van der Waals surface area contributed by atoms with E-state index in [1.165, 1.54) is 0 Å². The maximum Gasteiger partial charge on any atom is 0.212 e. The first-order valence-electron chi connectivity index (χ1n) is 5.31. The zero-order chi connectivity index (χ0) is 12.3. The molecule has 0 amide bonds. The minimum Gasteiger partial charge on any atom is -0.481 e. The quantitative estimate of drug-likeness (QED) is 0.757. The maximum atomic E-state index is 11.0. The van der Waals surface area contributed by atoms with Gasteiger partial charge in [0, 0.05) is 23.4 Å². The largest absolute Gasteiger partial charge is 0.481 e. The van der Waals surface area contributed by atoms with Crippen LogP contribution in [-0.4, -0.2) is 18.4 Å². The number of aryl methyl sites for hydroxylation is 1. The molecule has 2 rings (SSSR count). The van der Waals surface area contributed by atoms with Crippen LogP contribution in [0.25, 0.3) is 11.1 Å². The Hall–Kier alpha value is -2.16. The number of aldehydes is 1. The van der Waals surface area contributed by atoms with Crippen molar-refractivity contribution >= 4 is 6.29 Å². The SMILES string of the molecule is COc1ccc(-c2cc(C)ccc2C=O)cn1. The van der Waals surface area contributed by atoms with Crippen LogP contribution >= 0.6 is 0 Å². The standard InChI is InChI=1S/C14H13NO2/c1-10-3-4-12(9-16)13(7-10)11-5-6-14(17-2)15-8-11/h3-9H,1-2H3. The van der Waals surface area contributed by atoms with Gasteiger partial charge < -0.3 is 4.74 Å². The van der Waals surface area contributed by atoms with Crippen molar-refractivity contribution < 1.29 is 9.53 Å². The Morgan fingerprint density at radius 3 is 2.65 bits per heavy atom. The summed E-state index contributed by atoms with van der Waals surface area (Å²) in [6.45, 7) is 2.00. The monoisotopic (exact) mass is 227 g/mol. The molecule has 0 N–H and O–H groups in total. The second-order valence-electron chi connectivity index (χ2n) is 3.80. The summed E-state index contributed by atoms with van der Waals surface area (Å²) < 4.78 is 5.00. The van der Waals surface area contributed by atoms with Gasteiger partial charge in [-0.25, -0.2) is 4.98 Å². The number of ether oxygens (including phenoxy) is 1. The summed E-state index contributed by atoms with van der Waals surface area (Å²) in [4.78, 5) is 15.1. The Bertz CT molecular complexity index is 532. The van der Waals surface area contributed by atoms with E-state index in [9.17, 15) is 4.79 Å². The highest BCUT2D eigenvalue weighted by Gasteiger charge is 2.05. The average molecular weight is 227 g/mol. The zero-order valence-electron chi connectivity index (χ0n) is 9.81. The maximum absolute atomic E-state index is 11.0. The Morgan fingerprint density at radius 2 is 2.06 bits per heavy atom. The summed E-state index contributed by atoms with van der Waals surface area (Å²) in [5.74, 6) is 0.564. The second-order valence-corrected chi connectivity index (χ2v) is 3.80. The normalized spacial score (nSPS) is 10.0. The summed E-state index contributed by atoms with van der Waals surface area (Å²) in [5, 5.41) is 0. The van der Waals surface area contributed by atoms with Crippen LogP contribution in [0.5, 0.6) is 5.88 Å². The molecule has 0 radical (unpaired) electrons. The highest BCUT2D eigenvalue weighted by atomic mass is 16.5. The van der Waals surface area contributed by atoms with Gasteiger partial charge >= 0.3 is 0 Å². The van der Waals surface area contributed by atoms with E-state index in [-0.39, 0.29) is 0 Å². The third-order valence-corrected chi connectivity index (χ3v) is 2.59. The molecule has 0 aliphatic heterocycles. The number of hydrogen-bond acceptors (Lipinski definition) is 3. The lowest BCUT2D eigenvalue weighted by atomic mass is 10.00. The lowest BCUT2D eigenvalue weighted by molar-refractivity contribution is 0.112. The van der Waals surface area contributed by atoms with Crippen LogP contribution in [-0.2, 0) is 0 Å². The predicted octanol–water partition coefficient (Wildman–Crippen LogP) is 2.88. The van der Waals surface area contributed by atoms with Gasteiger partial charge in [0.15, 0.2) is 6.29 Å². The van der Waals surface area contributed by atoms with Crippen molar-refractivity contribution in [2.75, 3.05) is 7.11 Å². The highest BCUT2D eigenvalue weighted by Crippen LogP contribution is 2.24. The third-order valence-electron chi connectivity index (χ3n) is 2.59. The Kier molecular flexibility index (Phi) is 3.19. The third kappa shape index (κ3) is 2.33. The Labute approximate surface area is 100 Å². The van der Waals surface area contributed by atoms with Crippen molar-refractivity contribution in [3.63, 3.8) is 0 Å². The number of carbonyl (C=O) groups excluding carboxylic acids is 1. The molecule has 0 bridgehead atoms. The van der Waals surface area contributed by atoms with E-state index in [1.807, 2.05) is 31.2 Å². The molecule has 0 atom stereocenters. The molecule has 0 unspecified atom stereocenters. The number of benzene rings is 1. The lowest BCUT2D eigenvalue weighted by Crippen LogP contribution is -1.91. The zero-order valence-corrected chi connectivity index (χ0v) is 9.81. The summed E-state index contributed by atoms with van der Waals surface area (Å²) in [7, 11) is 1.57. The molecule has 86 valence electrons. The molecule has 0 aliphatic carbocycles. The fraction of sp³-hybridized carbons (Fsp3) is 0.143. The molecule has 0 aliphatic rings. The van der Waals surface area contributed by atoms with E-state index in [0.29, 0.717) is 11.4 Å². The van der Waals surface area contributed by atoms with Crippen LogP contribution < -0.4 is 4.74 Å². The number of nitrogens with zero attached hydrogens (tertiary/aromatic N) is 1. The van der Waals surface area contributed by atoms with Gasteiger partial charge in [-0.15, -0.1) is 0 Å². The van der Waals surface area contributed by atoms with Crippen LogP contribution in [0.15, 0.2) is 36.5 Å². The van der Waals surface area contributed by atoms with Crippen LogP contribution in [0, 0.1) is 6.92 Å². The summed E-state index contributed by atoms with van der Waals surface area (Å²) in [5.41, 5.74) is 3.59. The van der Waals surface area contributed by atoms with E-state index in [2.05, 4.69) is 4.98 Å². The van der Waals surface area contributed by atoms with E-state index in [4.69, 9.17) is 4.74 Å². The Balaban J connectivity index is 2.50. The summed E-state index contributed by atoms with van der Waals surface area (Å²) in [6, 6.07) is 9.40. The fourth-order valence-corrected chi connectivity index (χ4v) is 1.68. The molecular weight excluding hydrogens is 214 g/mol. The van der Waals surface area contributed by atoms with Crippen LogP contribution in [0.1, 0.15) is 15.9 Å². The molecule has 1 aromatic carbocycles. The van der Waals surface area contributed by atoms with Crippen molar-refractivity contribution in [2.24, 2.45) is 0 Å². The lowest BCUT2D eigenvalue weighted by Gasteiger charge is -2.06. The van der Waals surface area contributed by atoms with Gasteiger partial charge in [-0.3, -0.25) is 4.79 Å². The molecule has 3 heteroatoms. The summed E-state index contributed by atoms with van der Waals surface area (Å²) >= 11 is 0. The number of pyridine rings is 1. The number of rotatable bonds is 3. The first kappa shape index (κ1) is 11.3. The molecule has 3 nitrogen and oxygen atoms in total. The molecular formula is C14H13NO2. The number of carbonyl (C=O) groups is 1. The van der Waals surface area contributed by atoms with Gasteiger partial charge in [-0.05, 0) is 18.6 Å². The molecule has 2 aromatic rings. The van der Waals surface area contributed by atoms with Gasteiger partial charge in [0.1, 0.15) is 0 Å². The fourth-order valence-electron chi connectivity index (χ4n) is 1.68. The average Bonchev–Trinajstić information content (AvgIpc) is 2.39. The molecule has 0 spiro atoms. The van der Waals surface area contributed by atoms with Crippen molar-refractivity contribution in [3.05, 3.63) is 47.7 Å². The molecule has 0 fully saturated rings. The van der Waals surface area contributed by atoms with Crippen molar-refractivity contribution in [3.8, 4) is 17.0 Å². The molecule has 0 saturated carbocycles. The molecule has 1 aromatic heterocycles. The minimum absolute atomic E-state index is 0.564. The number of hydrogen-bond donors (Lipinski definition) is 0. The number of methoxy groups -OCH3 is 1. The highest BCUT2D eigenvalue weighted by molar-refractivity contribution is 5.87. The van der Waals surface area contributed by atoms with E-state index in [1.54, 1.807) is 19.4 Å². The smallest absolute Gasteiger partial charge is 0.212 e. The van der Waals surface area contributed by atoms with Gasteiger partial charge in [-0.1, -0.05) is 23.8 Å². The molecule has 17 heavy (non-hydrogen) atoms. The number of aromatic nitrogens is 1. The van der Waals surface area contributed by atoms with Crippen molar-refractivity contribution in [1.82, 2.24) is 4.98 Å². The topological polar surface area (TPSA) is 39.2 Å². The van der Waals surface area contributed by atoms with E-state index >= 15 is 0 Å². The second kappa shape index (κ2) is 4.78. The van der Waals surface area contributed by atoms with Crippen molar-refractivity contribution in [1.29, 1.82) is 0 Å². The van der Waals surface area contributed by atoms with Crippen LogP contribution in [0.3, 0.4) is 0 Å². The Morgan fingerprint density at radius 1 is 1.24 bits per heavy atom. The van der Waals surface area contributed by atoms with Gasteiger partial charge in [-0.2, -0.15) is 0 Å². The van der Waals surface area contributed by atoms with Crippen molar-refractivity contribution in [2.45, 2.75) is 6.92 Å². The first-order valence-corrected chi connectivity index (χ1v) is 5.31. The van der Waals surface area contributed by atoms with Crippen LogP contribution in [0.4, 0.5) is 0 Å². The van der Waals surface area contributed by atoms with Crippen LogP contribution in [0.2, 0.25) is 0 Å². The molecule has 0 saturated heterocycles. The van der Waals surface area contributed by atoms with Gasteiger partial charge in [0.05, 0.1) is 7.11 Å². The summed E-state index contributed by atoms with van der Waals surface area (Å²) in [6.07, 6.45) is 2.57. The minimum atomic E-state index is 0.564. The van der Waals surface area contributed by atoms with E-state index in [0.717, 1.165) is 23.0 Å².